The first-order valence-corrected chi connectivity index (χ1v) is 4.79. The molecule has 1 unspecified atom stereocenters. The van der Waals surface area contributed by atoms with Gasteiger partial charge < -0.3 is 5.73 Å². The topological polar surface area (TPSA) is 79.7 Å². The first-order chi connectivity index (χ1) is 6.83. The fourth-order valence-electron chi connectivity index (χ4n) is 1.75. The molecule has 0 aromatic carbocycles. The van der Waals surface area contributed by atoms with Gasteiger partial charge in [-0.1, -0.05) is 0 Å². The zero-order valence-electron chi connectivity index (χ0n) is 7.90. The summed E-state index contributed by atoms with van der Waals surface area (Å²) in [5.41, 5.74) is 6.24. The van der Waals surface area contributed by atoms with Crippen molar-refractivity contribution in [2.75, 3.05) is 12.3 Å². The van der Waals surface area contributed by atoms with Gasteiger partial charge in [0.25, 0.3) is 0 Å². The molecule has 0 saturated carbocycles. The van der Waals surface area contributed by atoms with Gasteiger partial charge in [-0.15, -0.1) is 0 Å². The van der Waals surface area contributed by atoms with E-state index in [0.717, 1.165) is 13.0 Å². The van der Waals surface area contributed by atoms with Crippen LogP contribution in [0.15, 0.2) is 6.20 Å². The number of hydrogen-bond acceptors (Lipinski definition) is 4. The summed E-state index contributed by atoms with van der Waals surface area (Å²) in [5.74, 6) is 0.465. The van der Waals surface area contributed by atoms with Crippen LogP contribution in [0, 0.1) is 11.3 Å². The average Bonchev–Trinajstić information content (AvgIpc) is 2.61. The Kier molecular flexibility index (Phi) is 2.37. The van der Waals surface area contributed by atoms with Crippen LogP contribution in [0.1, 0.15) is 31.0 Å². The van der Waals surface area contributed by atoms with Gasteiger partial charge in [0.05, 0.1) is 6.20 Å². The molecule has 5 nitrogen and oxygen atoms in total. The maximum atomic E-state index is 8.73. The normalized spacial score (nSPS) is 21.8. The predicted molar refractivity (Wildman–Crippen MR) is 52.2 cm³/mol. The Morgan fingerprint density at radius 2 is 2.50 bits per heavy atom. The number of nitrogens with two attached hydrogens (primary N) is 1. The molecule has 0 radical (unpaired) electrons. The standard InChI is InChI=1S/C9H13N5/c10-5-7-6-13-14(9(7)11)8-3-1-2-4-12-8/h6,8,12H,1-4,11H2. The minimum atomic E-state index is 0.158. The zero-order valence-corrected chi connectivity index (χ0v) is 7.90. The van der Waals surface area contributed by atoms with Crippen LogP contribution >= 0.6 is 0 Å². The van der Waals surface area contributed by atoms with Crippen molar-refractivity contribution < 1.29 is 0 Å². The average molecular weight is 191 g/mol. The molecule has 2 heterocycles. The van der Waals surface area contributed by atoms with E-state index in [4.69, 9.17) is 11.0 Å². The number of anilines is 1. The molecule has 0 aliphatic carbocycles. The summed E-state index contributed by atoms with van der Waals surface area (Å²) in [6.45, 7) is 0.992. The third-order valence-corrected chi connectivity index (χ3v) is 2.53. The zero-order chi connectivity index (χ0) is 9.97. The van der Waals surface area contributed by atoms with Gasteiger partial charge in [0, 0.05) is 0 Å². The first-order valence-electron chi connectivity index (χ1n) is 4.79. The molecule has 0 amide bonds. The highest BCUT2D eigenvalue weighted by atomic mass is 15.4. The van der Waals surface area contributed by atoms with E-state index in [1.54, 1.807) is 4.68 Å². The van der Waals surface area contributed by atoms with Crippen molar-refractivity contribution in [3.8, 4) is 6.07 Å². The summed E-state index contributed by atoms with van der Waals surface area (Å²) < 4.78 is 1.71. The molecular weight excluding hydrogens is 178 g/mol. The molecule has 1 aliphatic heterocycles. The Morgan fingerprint density at radius 3 is 3.07 bits per heavy atom. The maximum absolute atomic E-state index is 8.73. The summed E-state index contributed by atoms with van der Waals surface area (Å²) in [6.07, 6.45) is 5.08. The summed E-state index contributed by atoms with van der Waals surface area (Å²) in [6, 6.07) is 2.02. The number of rotatable bonds is 1. The smallest absolute Gasteiger partial charge is 0.141 e. The fraction of sp³-hybridized carbons (Fsp3) is 0.556. The highest BCUT2D eigenvalue weighted by Gasteiger charge is 2.18. The molecule has 5 heteroatoms. The van der Waals surface area contributed by atoms with Gasteiger partial charge in [0.2, 0.25) is 0 Å². The largest absolute Gasteiger partial charge is 0.383 e. The maximum Gasteiger partial charge on any atom is 0.141 e. The second kappa shape index (κ2) is 3.68. The summed E-state index contributed by atoms with van der Waals surface area (Å²) in [4.78, 5) is 0. The Labute approximate surface area is 82.5 Å². The van der Waals surface area contributed by atoms with Gasteiger partial charge in [-0.25, -0.2) is 4.68 Å². The number of nitrogens with one attached hydrogen (secondary N) is 1. The number of hydrogen-bond donors (Lipinski definition) is 2. The minimum Gasteiger partial charge on any atom is -0.383 e. The van der Waals surface area contributed by atoms with Gasteiger partial charge in [-0.3, -0.25) is 5.32 Å². The van der Waals surface area contributed by atoms with Crippen molar-refractivity contribution in [3.05, 3.63) is 11.8 Å². The number of nitriles is 1. The van der Waals surface area contributed by atoms with E-state index in [1.807, 2.05) is 6.07 Å². The molecule has 1 aliphatic rings. The monoisotopic (exact) mass is 191 g/mol. The van der Waals surface area contributed by atoms with E-state index in [-0.39, 0.29) is 6.17 Å². The van der Waals surface area contributed by atoms with E-state index in [9.17, 15) is 0 Å². The lowest BCUT2D eigenvalue weighted by molar-refractivity contribution is 0.301. The van der Waals surface area contributed by atoms with E-state index >= 15 is 0 Å². The molecule has 1 fully saturated rings. The van der Waals surface area contributed by atoms with Gasteiger partial charge in [0.1, 0.15) is 23.6 Å². The molecule has 74 valence electrons. The summed E-state index contributed by atoms with van der Waals surface area (Å²) >= 11 is 0. The van der Waals surface area contributed by atoms with Crippen LogP contribution in [0.25, 0.3) is 0 Å². The Hall–Kier alpha value is -1.54. The highest BCUT2D eigenvalue weighted by Crippen LogP contribution is 2.20. The van der Waals surface area contributed by atoms with Crippen LogP contribution in [0.4, 0.5) is 5.82 Å². The number of nitrogen functional groups attached to an aromatic ring is 1. The van der Waals surface area contributed by atoms with Crippen LogP contribution in [-0.4, -0.2) is 16.3 Å². The molecule has 1 saturated heterocycles. The SMILES string of the molecule is N#Cc1cnn(C2CCCCN2)c1N. The number of piperidine rings is 1. The van der Waals surface area contributed by atoms with Crippen molar-refractivity contribution >= 4 is 5.82 Å². The molecule has 14 heavy (non-hydrogen) atoms. The van der Waals surface area contributed by atoms with Crippen LogP contribution in [0.3, 0.4) is 0 Å². The second-order valence-corrected chi connectivity index (χ2v) is 3.47. The quantitative estimate of drug-likeness (QED) is 0.681. The van der Waals surface area contributed by atoms with Gasteiger partial charge in [-0.2, -0.15) is 10.4 Å². The lowest BCUT2D eigenvalue weighted by atomic mass is 10.1. The Balaban J connectivity index is 2.23. The van der Waals surface area contributed by atoms with E-state index < -0.39 is 0 Å². The molecular formula is C9H13N5. The molecule has 0 bridgehead atoms. The van der Waals surface area contributed by atoms with E-state index in [0.29, 0.717) is 11.4 Å². The molecule has 3 N–H and O–H groups in total. The lowest BCUT2D eigenvalue weighted by Crippen LogP contribution is -2.32. The third kappa shape index (κ3) is 1.44. The van der Waals surface area contributed by atoms with Crippen LogP contribution < -0.4 is 11.1 Å². The van der Waals surface area contributed by atoms with E-state index in [2.05, 4.69) is 10.4 Å². The van der Waals surface area contributed by atoms with Crippen molar-refractivity contribution in [1.82, 2.24) is 15.1 Å². The minimum absolute atomic E-state index is 0.158. The second-order valence-electron chi connectivity index (χ2n) is 3.47. The van der Waals surface area contributed by atoms with Crippen molar-refractivity contribution in [1.29, 1.82) is 5.26 Å². The molecule has 1 aromatic heterocycles. The van der Waals surface area contributed by atoms with Crippen LogP contribution in [0.5, 0.6) is 0 Å². The molecule has 0 spiro atoms. The number of aromatic nitrogens is 2. The highest BCUT2D eigenvalue weighted by molar-refractivity contribution is 5.47. The van der Waals surface area contributed by atoms with Crippen molar-refractivity contribution in [2.24, 2.45) is 0 Å². The Bertz CT molecular complexity index is 356. The Morgan fingerprint density at radius 1 is 1.64 bits per heavy atom. The lowest BCUT2D eigenvalue weighted by Gasteiger charge is -2.24. The molecule has 1 aromatic rings. The van der Waals surface area contributed by atoms with Crippen LogP contribution in [-0.2, 0) is 0 Å². The van der Waals surface area contributed by atoms with E-state index in [1.165, 1.54) is 19.0 Å². The molecule has 2 rings (SSSR count). The fourth-order valence-corrected chi connectivity index (χ4v) is 1.75. The van der Waals surface area contributed by atoms with Gasteiger partial charge in [0.15, 0.2) is 0 Å². The number of nitrogens with zero attached hydrogens (tertiary/aromatic N) is 3. The van der Waals surface area contributed by atoms with Crippen LogP contribution in [0.2, 0.25) is 0 Å². The summed E-state index contributed by atoms with van der Waals surface area (Å²) in [7, 11) is 0. The third-order valence-electron chi connectivity index (χ3n) is 2.53. The molecule has 1 atom stereocenters. The van der Waals surface area contributed by atoms with Crippen molar-refractivity contribution in [2.45, 2.75) is 25.4 Å². The van der Waals surface area contributed by atoms with Crippen molar-refractivity contribution in [3.63, 3.8) is 0 Å². The first kappa shape index (κ1) is 9.03. The van der Waals surface area contributed by atoms with Gasteiger partial charge in [-0.05, 0) is 25.8 Å². The predicted octanol–water partition coefficient (Wildman–Crippen LogP) is 0.609. The summed E-state index contributed by atoms with van der Waals surface area (Å²) in [5, 5.41) is 16.2. The van der Waals surface area contributed by atoms with Gasteiger partial charge >= 0.3 is 0 Å².